The maximum Gasteiger partial charge on any atom is 0.140 e. The van der Waals surface area contributed by atoms with Crippen LogP contribution in [0, 0.1) is 0 Å². The Morgan fingerprint density at radius 1 is 0.315 bits per heavy atom. The molecule has 0 aliphatic carbocycles. The minimum Gasteiger partial charge on any atom is -0.302 e. The standard InChI is InChI=1S/C42H72N4O8/c1-35(47)31-39(51)15-5-9-19-43-23-13-24-45(21-11-7-17-41(53)33-37(3)49)29-30-46(22-12-8-18-42(54)34-38(4)50)26-14-25-44(28-27-43)20-10-6-16-40(52)32-36(2)48/h5-34H2,1-4H3. The first kappa shape index (κ1) is 49.2. The van der Waals surface area contributed by atoms with Crippen molar-refractivity contribution in [2.75, 3.05) is 78.5 Å². The van der Waals surface area contributed by atoms with E-state index in [4.69, 9.17) is 0 Å². The van der Waals surface area contributed by atoms with Crippen molar-refractivity contribution in [3.8, 4) is 0 Å². The van der Waals surface area contributed by atoms with Crippen molar-refractivity contribution in [3.05, 3.63) is 0 Å². The van der Waals surface area contributed by atoms with E-state index in [1.807, 2.05) is 0 Å². The second-order valence-corrected chi connectivity index (χ2v) is 15.6. The lowest BCUT2D eigenvalue weighted by atomic mass is 10.1. The summed E-state index contributed by atoms with van der Waals surface area (Å²) in [6.45, 7) is 16.5. The van der Waals surface area contributed by atoms with Gasteiger partial charge in [-0.2, -0.15) is 0 Å². The topological polar surface area (TPSA) is 150 Å². The summed E-state index contributed by atoms with van der Waals surface area (Å²) in [5.74, 6) is -0.346. The summed E-state index contributed by atoms with van der Waals surface area (Å²) in [7, 11) is 0. The van der Waals surface area contributed by atoms with E-state index in [1.54, 1.807) is 0 Å². The first-order chi connectivity index (χ1) is 25.7. The predicted molar refractivity (Wildman–Crippen MR) is 212 cm³/mol. The lowest BCUT2D eigenvalue weighted by Gasteiger charge is -2.32. The molecular formula is C42H72N4O8. The second-order valence-electron chi connectivity index (χ2n) is 15.6. The lowest BCUT2D eigenvalue weighted by molar-refractivity contribution is -0.127. The first-order valence-electron chi connectivity index (χ1n) is 20.7. The highest BCUT2D eigenvalue weighted by Crippen LogP contribution is 2.11. The van der Waals surface area contributed by atoms with E-state index in [0.717, 1.165) is 143 Å². The van der Waals surface area contributed by atoms with Gasteiger partial charge in [-0.1, -0.05) is 0 Å². The Morgan fingerprint density at radius 3 is 0.704 bits per heavy atom. The van der Waals surface area contributed by atoms with Crippen molar-refractivity contribution in [1.29, 1.82) is 0 Å². The van der Waals surface area contributed by atoms with Crippen molar-refractivity contribution >= 4 is 46.3 Å². The van der Waals surface area contributed by atoms with Gasteiger partial charge in [-0.05, 0) is 144 Å². The summed E-state index contributed by atoms with van der Waals surface area (Å²) in [6.07, 6.45) is 10.3. The molecule has 12 heteroatoms. The molecule has 1 heterocycles. The number of hydrogen-bond acceptors (Lipinski definition) is 12. The fraction of sp³-hybridized carbons (Fsp3) is 0.810. The molecule has 0 aromatic carbocycles. The quantitative estimate of drug-likeness (QED) is 0.0792. The van der Waals surface area contributed by atoms with Crippen LogP contribution in [0.3, 0.4) is 0 Å². The number of carbonyl (C=O) groups excluding carboxylic acids is 8. The number of hydrogen-bond donors (Lipinski definition) is 0. The minimum absolute atomic E-state index is 0.00520. The molecule has 0 saturated carbocycles. The number of carbonyl (C=O) groups is 8. The van der Waals surface area contributed by atoms with E-state index in [0.29, 0.717) is 25.7 Å². The van der Waals surface area contributed by atoms with E-state index in [2.05, 4.69) is 19.6 Å². The molecule has 0 aromatic rings. The molecule has 0 radical (unpaired) electrons. The van der Waals surface area contributed by atoms with E-state index in [9.17, 15) is 38.4 Å². The van der Waals surface area contributed by atoms with Gasteiger partial charge in [0.2, 0.25) is 0 Å². The van der Waals surface area contributed by atoms with Crippen molar-refractivity contribution < 1.29 is 38.4 Å². The molecule has 0 amide bonds. The molecule has 0 N–H and O–H groups in total. The number of Topliss-reactive ketones (excluding diaryl/α,β-unsaturated/α-hetero) is 8. The van der Waals surface area contributed by atoms with Crippen molar-refractivity contribution in [2.45, 2.75) is 143 Å². The predicted octanol–water partition coefficient (Wildman–Crippen LogP) is 4.86. The molecule has 1 rings (SSSR count). The Labute approximate surface area is 325 Å². The van der Waals surface area contributed by atoms with Gasteiger partial charge in [0.25, 0.3) is 0 Å². The van der Waals surface area contributed by atoms with Gasteiger partial charge < -0.3 is 19.6 Å². The van der Waals surface area contributed by atoms with Gasteiger partial charge in [-0.25, -0.2) is 0 Å². The first-order valence-corrected chi connectivity index (χ1v) is 20.7. The van der Waals surface area contributed by atoms with E-state index >= 15 is 0 Å². The summed E-state index contributed by atoms with van der Waals surface area (Å²) in [4.78, 5) is 104. The van der Waals surface area contributed by atoms with Crippen LogP contribution in [0.1, 0.15) is 143 Å². The van der Waals surface area contributed by atoms with Crippen LogP contribution in [0.4, 0.5) is 0 Å². The van der Waals surface area contributed by atoms with Crippen molar-refractivity contribution in [1.82, 2.24) is 19.6 Å². The Bertz CT molecular complexity index is 1010. The van der Waals surface area contributed by atoms with Crippen LogP contribution in [0.15, 0.2) is 0 Å². The average Bonchev–Trinajstić information content (AvgIpc) is 3.06. The zero-order valence-corrected chi connectivity index (χ0v) is 34.3. The summed E-state index contributed by atoms with van der Waals surface area (Å²) >= 11 is 0. The molecule has 1 saturated heterocycles. The maximum absolute atomic E-state index is 12.1. The maximum atomic E-state index is 12.1. The van der Waals surface area contributed by atoms with Crippen LogP contribution >= 0.6 is 0 Å². The Balaban J connectivity index is 2.98. The third-order valence-electron chi connectivity index (χ3n) is 9.87. The van der Waals surface area contributed by atoms with Crippen LogP contribution in [0.5, 0.6) is 0 Å². The molecule has 54 heavy (non-hydrogen) atoms. The lowest BCUT2D eigenvalue weighted by Crippen LogP contribution is -2.42. The molecule has 308 valence electrons. The van der Waals surface area contributed by atoms with Gasteiger partial charge in [-0.15, -0.1) is 0 Å². The average molecular weight is 761 g/mol. The number of nitrogens with zero attached hydrogens (tertiary/aromatic N) is 4. The van der Waals surface area contributed by atoms with E-state index in [1.165, 1.54) is 27.7 Å². The summed E-state index contributed by atoms with van der Waals surface area (Å²) < 4.78 is 0. The molecule has 0 bridgehead atoms. The third kappa shape index (κ3) is 28.6. The SMILES string of the molecule is CC(=O)CC(=O)CCCCN1CCCN(CCCCC(=O)CC(C)=O)CCN(CCCCC(=O)CC(C)=O)CCCN(CCCCC(=O)CC(C)=O)CC1. The van der Waals surface area contributed by atoms with Gasteiger partial charge in [0.1, 0.15) is 46.3 Å². The molecule has 1 fully saturated rings. The number of unbranched alkanes of at least 4 members (excludes halogenated alkanes) is 4. The molecule has 0 unspecified atom stereocenters. The zero-order chi connectivity index (χ0) is 40.1. The second kappa shape index (κ2) is 30.4. The normalized spacial score (nSPS) is 16.1. The van der Waals surface area contributed by atoms with Crippen LogP contribution in [0.25, 0.3) is 0 Å². The van der Waals surface area contributed by atoms with Gasteiger partial charge in [0.05, 0.1) is 25.7 Å². The summed E-state index contributed by atoms with van der Waals surface area (Å²) in [5, 5.41) is 0. The molecule has 1 aliphatic heterocycles. The molecule has 0 spiro atoms. The van der Waals surface area contributed by atoms with Gasteiger partial charge >= 0.3 is 0 Å². The van der Waals surface area contributed by atoms with Crippen LogP contribution in [0.2, 0.25) is 0 Å². The monoisotopic (exact) mass is 761 g/mol. The van der Waals surface area contributed by atoms with Gasteiger partial charge in [0, 0.05) is 51.9 Å². The fourth-order valence-corrected chi connectivity index (χ4v) is 7.04. The molecule has 0 aromatic heterocycles. The van der Waals surface area contributed by atoms with Gasteiger partial charge in [0.15, 0.2) is 0 Å². The molecule has 0 atom stereocenters. The summed E-state index contributed by atoms with van der Waals surface area (Å²) in [6, 6.07) is 0. The van der Waals surface area contributed by atoms with Crippen LogP contribution in [-0.2, 0) is 38.4 Å². The highest BCUT2D eigenvalue weighted by Gasteiger charge is 2.17. The van der Waals surface area contributed by atoms with Crippen LogP contribution in [-0.4, -0.2) is 144 Å². The van der Waals surface area contributed by atoms with E-state index < -0.39 is 0 Å². The Kier molecular flexibility index (Phi) is 27.7. The Hall–Kier alpha value is -2.80. The smallest absolute Gasteiger partial charge is 0.140 e. The van der Waals surface area contributed by atoms with Crippen molar-refractivity contribution in [2.24, 2.45) is 0 Å². The summed E-state index contributed by atoms with van der Waals surface area (Å²) in [5.41, 5.74) is 0. The van der Waals surface area contributed by atoms with Crippen molar-refractivity contribution in [3.63, 3.8) is 0 Å². The highest BCUT2D eigenvalue weighted by molar-refractivity contribution is 5.99. The fourth-order valence-electron chi connectivity index (χ4n) is 7.04. The van der Waals surface area contributed by atoms with Gasteiger partial charge in [-0.3, -0.25) is 38.4 Å². The molecular weight excluding hydrogens is 688 g/mol. The number of ketones is 8. The van der Waals surface area contributed by atoms with E-state index in [-0.39, 0.29) is 71.9 Å². The largest absolute Gasteiger partial charge is 0.302 e. The number of rotatable bonds is 28. The minimum atomic E-state index is -0.0916. The zero-order valence-electron chi connectivity index (χ0n) is 34.3. The third-order valence-corrected chi connectivity index (χ3v) is 9.87. The molecule has 1 aliphatic rings. The van der Waals surface area contributed by atoms with Crippen LogP contribution < -0.4 is 0 Å². The highest BCUT2D eigenvalue weighted by atomic mass is 16.2. The Morgan fingerprint density at radius 2 is 0.519 bits per heavy atom. The molecule has 12 nitrogen and oxygen atoms in total.